The minimum atomic E-state index is -0.451. The zero-order valence-electron chi connectivity index (χ0n) is 11.1. The first-order valence-electron chi connectivity index (χ1n) is 6.19. The van der Waals surface area contributed by atoms with Crippen LogP contribution in [0.1, 0.15) is 28.2 Å². The van der Waals surface area contributed by atoms with E-state index in [1.807, 2.05) is 4.90 Å². The Morgan fingerprint density at radius 1 is 1.42 bits per heavy atom. The van der Waals surface area contributed by atoms with E-state index in [0.717, 1.165) is 30.8 Å². The summed E-state index contributed by atoms with van der Waals surface area (Å²) in [5, 5.41) is 3.54. The van der Waals surface area contributed by atoms with Gasteiger partial charge in [-0.05, 0) is 19.8 Å². The molecule has 0 unspecified atom stereocenters. The highest BCUT2D eigenvalue weighted by Crippen LogP contribution is 2.22. The van der Waals surface area contributed by atoms with Crippen molar-refractivity contribution in [3.8, 4) is 0 Å². The Morgan fingerprint density at radius 3 is 2.74 bits per heavy atom. The molecular weight excluding hydrogens is 266 g/mol. The number of aryl methyl sites for hydroxylation is 1. The lowest BCUT2D eigenvalue weighted by Gasteiger charge is -2.14. The number of methoxy groups -OCH3 is 1. The summed E-state index contributed by atoms with van der Waals surface area (Å²) >= 11 is 1.35. The Bertz CT molecular complexity index is 481. The summed E-state index contributed by atoms with van der Waals surface area (Å²) in [4.78, 5) is 30.0. The summed E-state index contributed by atoms with van der Waals surface area (Å²) in [6, 6.07) is 0. The van der Waals surface area contributed by atoms with Crippen LogP contribution in [0.5, 0.6) is 0 Å². The summed E-state index contributed by atoms with van der Waals surface area (Å²) in [5.74, 6) is -0.377. The first-order chi connectivity index (χ1) is 9.11. The number of hydrogen-bond donors (Lipinski definition) is 1. The van der Waals surface area contributed by atoms with E-state index in [1.54, 1.807) is 6.92 Å². The minimum Gasteiger partial charge on any atom is -0.464 e. The molecule has 1 aliphatic rings. The van der Waals surface area contributed by atoms with Crippen LogP contribution >= 0.6 is 11.3 Å². The fourth-order valence-electron chi connectivity index (χ4n) is 1.99. The second-order valence-electron chi connectivity index (χ2n) is 4.36. The van der Waals surface area contributed by atoms with E-state index in [0.29, 0.717) is 10.8 Å². The molecule has 19 heavy (non-hydrogen) atoms. The van der Waals surface area contributed by atoms with Crippen LogP contribution in [0.3, 0.4) is 0 Å². The predicted molar refractivity (Wildman–Crippen MR) is 72.5 cm³/mol. The van der Waals surface area contributed by atoms with E-state index < -0.39 is 5.97 Å². The van der Waals surface area contributed by atoms with Crippen molar-refractivity contribution in [2.45, 2.75) is 19.8 Å². The average molecular weight is 283 g/mol. The highest BCUT2D eigenvalue weighted by molar-refractivity contribution is 7.15. The molecule has 104 valence electrons. The van der Waals surface area contributed by atoms with Gasteiger partial charge in [0.25, 0.3) is 0 Å². The first kappa shape index (κ1) is 13.8. The van der Waals surface area contributed by atoms with E-state index in [2.05, 4.69) is 15.0 Å². The molecule has 1 amide bonds. The van der Waals surface area contributed by atoms with Gasteiger partial charge in [-0.15, -0.1) is 11.3 Å². The number of nitrogens with one attached hydrogen (secondary N) is 1. The summed E-state index contributed by atoms with van der Waals surface area (Å²) in [6.45, 7) is 3.70. The molecule has 7 heteroatoms. The van der Waals surface area contributed by atoms with Crippen molar-refractivity contribution < 1.29 is 14.3 Å². The van der Waals surface area contributed by atoms with Crippen LogP contribution < -0.4 is 5.32 Å². The van der Waals surface area contributed by atoms with Gasteiger partial charge >= 0.3 is 5.97 Å². The number of carbonyl (C=O) groups is 2. The Kier molecular flexibility index (Phi) is 4.36. The molecule has 1 aromatic heterocycles. The number of aromatic nitrogens is 1. The number of esters is 1. The zero-order chi connectivity index (χ0) is 13.8. The Labute approximate surface area is 115 Å². The number of thiazole rings is 1. The topological polar surface area (TPSA) is 71.5 Å². The normalized spacial score (nSPS) is 14.5. The number of anilines is 1. The molecule has 1 saturated heterocycles. The van der Waals surface area contributed by atoms with Crippen molar-refractivity contribution in [3.63, 3.8) is 0 Å². The van der Waals surface area contributed by atoms with E-state index in [4.69, 9.17) is 0 Å². The number of rotatable bonds is 4. The van der Waals surface area contributed by atoms with Crippen molar-refractivity contribution in [2.75, 3.05) is 32.1 Å². The van der Waals surface area contributed by atoms with E-state index >= 15 is 0 Å². The van der Waals surface area contributed by atoms with Crippen molar-refractivity contribution in [1.29, 1.82) is 0 Å². The average Bonchev–Trinajstić information content (AvgIpc) is 3.04. The molecule has 1 aliphatic heterocycles. The summed E-state index contributed by atoms with van der Waals surface area (Å²) in [5.41, 5.74) is 0.309. The maximum Gasteiger partial charge on any atom is 0.357 e. The van der Waals surface area contributed by atoms with Gasteiger partial charge in [-0.25, -0.2) is 9.78 Å². The molecule has 0 radical (unpaired) electrons. The van der Waals surface area contributed by atoms with Crippen LogP contribution in [0.15, 0.2) is 0 Å². The van der Waals surface area contributed by atoms with Gasteiger partial charge in [-0.1, -0.05) is 0 Å². The third-order valence-electron chi connectivity index (χ3n) is 3.02. The van der Waals surface area contributed by atoms with Gasteiger partial charge in [-0.2, -0.15) is 0 Å². The smallest absolute Gasteiger partial charge is 0.357 e. The Balaban J connectivity index is 1.92. The largest absolute Gasteiger partial charge is 0.464 e. The highest BCUT2D eigenvalue weighted by atomic mass is 32.1. The molecule has 1 N–H and O–H groups in total. The molecule has 0 aromatic carbocycles. The van der Waals surface area contributed by atoms with Gasteiger partial charge in [0.1, 0.15) is 0 Å². The predicted octanol–water partition coefficient (Wildman–Crippen LogP) is 1.27. The molecule has 2 rings (SSSR count). The number of nitrogens with zero attached hydrogens (tertiary/aromatic N) is 2. The van der Waals surface area contributed by atoms with Crippen LogP contribution in [0.2, 0.25) is 0 Å². The van der Waals surface area contributed by atoms with Gasteiger partial charge in [-0.3, -0.25) is 4.79 Å². The summed E-state index contributed by atoms with van der Waals surface area (Å²) < 4.78 is 4.64. The lowest BCUT2D eigenvalue weighted by Crippen LogP contribution is -2.32. The SMILES string of the molecule is COC(=O)c1nc(NCC(=O)N2CCCC2)sc1C. The van der Waals surface area contributed by atoms with Crippen LogP contribution in [-0.4, -0.2) is 48.5 Å². The van der Waals surface area contributed by atoms with Gasteiger partial charge in [0.2, 0.25) is 5.91 Å². The molecular formula is C12H17N3O3S. The third-order valence-corrected chi connectivity index (χ3v) is 3.95. The highest BCUT2D eigenvalue weighted by Gasteiger charge is 2.19. The summed E-state index contributed by atoms with van der Waals surface area (Å²) in [7, 11) is 1.32. The van der Waals surface area contributed by atoms with Crippen LogP contribution in [0.4, 0.5) is 5.13 Å². The third kappa shape index (κ3) is 3.23. The molecule has 1 fully saturated rings. The maximum atomic E-state index is 11.8. The Hall–Kier alpha value is -1.63. The van der Waals surface area contributed by atoms with Crippen molar-refractivity contribution in [3.05, 3.63) is 10.6 Å². The fourth-order valence-corrected chi connectivity index (χ4v) is 2.78. The van der Waals surface area contributed by atoms with E-state index in [9.17, 15) is 9.59 Å². The molecule has 6 nitrogen and oxygen atoms in total. The number of likely N-dealkylation sites (tertiary alicyclic amines) is 1. The van der Waals surface area contributed by atoms with Gasteiger partial charge in [0.05, 0.1) is 13.7 Å². The molecule has 0 atom stereocenters. The molecule has 2 heterocycles. The van der Waals surface area contributed by atoms with Crippen molar-refractivity contribution >= 4 is 28.3 Å². The number of hydrogen-bond acceptors (Lipinski definition) is 6. The monoisotopic (exact) mass is 283 g/mol. The summed E-state index contributed by atoms with van der Waals surface area (Å²) in [6.07, 6.45) is 2.16. The second-order valence-corrected chi connectivity index (χ2v) is 5.56. The number of amides is 1. The Morgan fingerprint density at radius 2 is 2.11 bits per heavy atom. The molecule has 0 saturated carbocycles. The van der Waals surface area contributed by atoms with Crippen LogP contribution in [-0.2, 0) is 9.53 Å². The van der Waals surface area contributed by atoms with Crippen molar-refractivity contribution in [2.24, 2.45) is 0 Å². The van der Waals surface area contributed by atoms with Crippen LogP contribution in [0, 0.1) is 6.92 Å². The number of ether oxygens (including phenoxy) is 1. The fraction of sp³-hybridized carbons (Fsp3) is 0.583. The molecule has 0 bridgehead atoms. The standard InChI is InChI=1S/C12H17N3O3S/c1-8-10(11(17)18-2)14-12(19-8)13-7-9(16)15-5-3-4-6-15/h3-7H2,1-2H3,(H,13,14). The zero-order valence-corrected chi connectivity index (χ0v) is 11.9. The van der Waals surface area contributed by atoms with E-state index in [1.165, 1.54) is 18.4 Å². The lowest BCUT2D eigenvalue weighted by molar-refractivity contribution is -0.128. The van der Waals surface area contributed by atoms with Gasteiger partial charge in [0.15, 0.2) is 10.8 Å². The van der Waals surface area contributed by atoms with Crippen molar-refractivity contribution in [1.82, 2.24) is 9.88 Å². The molecule has 0 spiro atoms. The first-order valence-corrected chi connectivity index (χ1v) is 7.01. The van der Waals surface area contributed by atoms with E-state index in [-0.39, 0.29) is 12.5 Å². The number of carbonyl (C=O) groups excluding carboxylic acids is 2. The molecule has 0 aliphatic carbocycles. The van der Waals surface area contributed by atoms with Gasteiger partial charge in [0, 0.05) is 18.0 Å². The maximum absolute atomic E-state index is 11.8. The van der Waals surface area contributed by atoms with Crippen LogP contribution in [0.25, 0.3) is 0 Å². The lowest BCUT2D eigenvalue weighted by atomic mass is 10.4. The van der Waals surface area contributed by atoms with Gasteiger partial charge < -0.3 is 15.0 Å². The molecule has 1 aromatic rings. The second kappa shape index (κ2) is 6.01. The minimum absolute atomic E-state index is 0.0740. The quantitative estimate of drug-likeness (QED) is 0.843.